The molecule has 0 spiro atoms. The Bertz CT molecular complexity index is 1080. The van der Waals surface area contributed by atoms with Gasteiger partial charge in [-0.3, -0.25) is 9.59 Å². The fourth-order valence-corrected chi connectivity index (χ4v) is 4.13. The molecule has 0 unspecified atom stereocenters. The predicted molar refractivity (Wildman–Crippen MR) is 112 cm³/mol. The van der Waals surface area contributed by atoms with Crippen molar-refractivity contribution in [2.45, 2.75) is 26.7 Å². The van der Waals surface area contributed by atoms with Gasteiger partial charge in [0.15, 0.2) is 5.78 Å². The van der Waals surface area contributed by atoms with E-state index in [0.717, 1.165) is 40.9 Å². The first-order valence-corrected chi connectivity index (χ1v) is 9.94. The van der Waals surface area contributed by atoms with E-state index in [4.69, 9.17) is 9.15 Å². The minimum atomic E-state index is -0.181. The largest absolute Gasteiger partial charge is 0.497 e. The number of rotatable bonds is 4. The Labute approximate surface area is 170 Å². The van der Waals surface area contributed by atoms with Gasteiger partial charge in [0.1, 0.15) is 17.1 Å². The number of hydrogen-bond acceptors (Lipinski definition) is 4. The summed E-state index contributed by atoms with van der Waals surface area (Å²) in [5, 5.41) is 0.923. The van der Waals surface area contributed by atoms with Crippen molar-refractivity contribution in [2.75, 3.05) is 20.2 Å². The van der Waals surface area contributed by atoms with E-state index in [1.54, 1.807) is 18.1 Å². The molecule has 1 aliphatic heterocycles. The summed E-state index contributed by atoms with van der Waals surface area (Å²) in [5.74, 6) is 1.45. The van der Waals surface area contributed by atoms with Gasteiger partial charge in [0.2, 0.25) is 0 Å². The molecular weight excluding hydrogens is 366 g/mol. The molecule has 3 aromatic rings. The molecule has 2 heterocycles. The van der Waals surface area contributed by atoms with Crippen molar-refractivity contribution in [1.29, 1.82) is 0 Å². The van der Waals surface area contributed by atoms with Gasteiger partial charge in [0.05, 0.1) is 7.11 Å². The number of hydrogen-bond donors (Lipinski definition) is 0. The SMILES string of the molecule is COc1ccc(C(=O)[C@@H]2CCCN(C(=O)c3ccc4oc(C)cc4c3)C2)c(C)c1. The van der Waals surface area contributed by atoms with Gasteiger partial charge >= 0.3 is 0 Å². The lowest BCUT2D eigenvalue weighted by molar-refractivity contribution is 0.0637. The van der Waals surface area contributed by atoms with Crippen LogP contribution in [0.3, 0.4) is 0 Å². The first kappa shape index (κ1) is 19.2. The number of ketones is 1. The van der Waals surface area contributed by atoms with Crippen molar-refractivity contribution in [3.8, 4) is 5.75 Å². The number of piperidine rings is 1. The maximum absolute atomic E-state index is 13.1. The van der Waals surface area contributed by atoms with Crippen molar-refractivity contribution in [3.63, 3.8) is 0 Å². The molecule has 0 aliphatic carbocycles. The lowest BCUT2D eigenvalue weighted by Gasteiger charge is -2.32. The molecule has 1 saturated heterocycles. The van der Waals surface area contributed by atoms with E-state index >= 15 is 0 Å². The Balaban J connectivity index is 1.52. The maximum atomic E-state index is 13.1. The minimum absolute atomic E-state index is 0.0327. The van der Waals surface area contributed by atoms with E-state index in [0.29, 0.717) is 24.2 Å². The van der Waals surface area contributed by atoms with Gasteiger partial charge in [-0.25, -0.2) is 0 Å². The Morgan fingerprint density at radius 1 is 1.10 bits per heavy atom. The smallest absolute Gasteiger partial charge is 0.253 e. The summed E-state index contributed by atoms with van der Waals surface area (Å²) < 4.78 is 10.8. The lowest BCUT2D eigenvalue weighted by atomic mass is 9.88. The second-order valence-electron chi connectivity index (χ2n) is 7.75. The van der Waals surface area contributed by atoms with Crippen LogP contribution in [-0.2, 0) is 0 Å². The standard InChI is InChI=1S/C24H25NO4/c1-15-11-20(28-3)7-8-21(15)23(26)18-5-4-10-25(14-18)24(27)17-6-9-22-19(13-17)12-16(2)29-22/h6-9,11-13,18H,4-5,10,14H2,1-3H3/t18-/m1/s1. The highest BCUT2D eigenvalue weighted by Crippen LogP contribution is 2.27. The van der Waals surface area contributed by atoms with Crippen LogP contribution in [0.4, 0.5) is 0 Å². The average Bonchev–Trinajstić information content (AvgIpc) is 3.11. The molecular formula is C24H25NO4. The quantitative estimate of drug-likeness (QED) is 0.600. The van der Waals surface area contributed by atoms with Gasteiger partial charge in [-0.05, 0) is 74.7 Å². The summed E-state index contributed by atoms with van der Waals surface area (Å²) in [4.78, 5) is 28.0. The molecule has 0 radical (unpaired) electrons. The van der Waals surface area contributed by atoms with Crippen LogP contribution >= 0.6 is 0 Å². The second kappa shape index (κ2) is 7.74. The Morgan fingerprint density at radius 3 is 2.69 bits per heavy atom. The maximum Gasteiger partial charge on any atom is 0.253 e. The van der Waals surface area contributed by atoms with Crippen LogP contribution in [0.1, 0.15) is 44.9 Å². The van der Waals surface area contributed by atoms with Gasteiger partial charge in [-0.2, -0.15) is 0 Å². The zero-order valence-corrected chi connectivity index (χ0v) is 17.0. The predicted octanol–water partition coefficient (Wildman–Crippen LogP) is 4.79. The molecule has 4 rings (SSSR count). The number of fused-ring (bicyclic) bond motifs is 1. The van der Waals surface area contributed by atoms with E-state index in [9.17, 15) is 9.59 Å². The third kappa shape index (κ3) is 3.77. The van der Waals surface area contributed by atoms with Gasteiger partial charge in [-0.1, -0.05) is 0 Å². The normalized spacial score (nSPS) is 16.8. The summed E-state index contributed by atoms with van der Waals surface area (Å²) in [7, 11) is 1.61. The molecule has 2 aromatic carbocycles. The molecule has 0 saturated carbocycles. The monoisotopic (exact) mass is 391 g/mol. The van der Waals surface area contributed by atoms with Crippen LogP contribution < -0.4 is 4.74 Å². The Hall–Kier alpha value is -3.08. The number of nitrogens with zero attached hydrogens (tertiary/aromatic N) is 1. The van der Waals surface area contributed by atoms with Crippen molar-refractivity contribution in [3.05, 3.63) is 64.9 Å². The summed E-state index contributed by atoms with van der Waals surface area (Å²) in [6, 6.07) is 12.9. The molecule has 5 heteroatoms. The topological polar surface area (TPSA) is 59.8 Å². The van der Waals surface area contributed by atoms with Crippen LogP contribution in [0.25, 0.3) is 11.0 Å². The van der Waals surface area contributed by atoms with Crippen LogP contribution in [0, 0.1) is 19.8 Å². The number of benzene rings is 2. The molecule has 0 N–H and O–H groups in total. The lowest BCUT2D eigenvalue weighted by Crippen LogP contribution is -2.42. The van der Waals surface area contributed by atoms with Crippen LogP contribution in [0.5, 0.6) is 5.75 Å². The van der Waals surface area contributed by atoms with Crippen molar-refractivity contribution in [2.24, 2.45) is 5.92 Å². The number of Topliss-reactive ketones (excluding diaryl/α,β-unsaturated/α-hetero) is 1. The molecule has 1 aliphatic rings. The summed E-state index contributed by atoms with van der Waals surface area (Å²) in [6.45, 7) is 4.94. The molecule has 1 amide bonds. The van der Waals surface area contributed by atoms with Gasteiger partial charge < -0.3 is 14.1 Å². The molecule has 5 nitrogen and oxygen atoms in total. The van der Waals surface area contributed by atoms with Crippen LogP contribution in [0.15, 0.2) is 46.9 Å². The number of methoxy groups -OCH3 is 1. The highest BCUT2D eigenvalue weighted by atomic mass is 16.5. The number of likely N-dealkylation sites (tertiary alicyclic amines) is 1. The van der Waals surface area contributed by atoms with E-state index in [-0.39, 0.29) is 17.6 Å². The molecule has 0 bridgehead atoms. The zero-order chi connectivity index (χ0) is 20.5. The highest BCUT2D eigenvalue weighted by molar-refractivity contribution is 6.01. The second-order valence-corrected chi connectivity index (χ2v) is 7.75. The summed E-state index contributed by atoms with van der Waals surface area (Å²) in [5.41, 5.74) is 3.02. The van der Waals surface area contributed by atoms with Crippen molar-refractivity contribution in [1.82, 2.24) is 4.90 Å². The van der Waals surface area contributed by atoms with E-state index < -0.39 is 0 Å². The fraction of sp³-hybridized carbons (Fsp3) is 0.333. The first-order valence-electron chi connectivity index (χ1n) is 9.94. The van der Waals surface area contributed by atoms with Crippen LogP contribution in [-0.4, -0.2) is 36.8 Å². The summed E-state index contributed by atoms with van der Waals surface area (Å²) >= 11 is 0. The van der Waals surface area contributed by atoms with E-state index in [1.807, 2.05) is 50.2 Å². The third-order valence-corrected chi connectivity index (χ3v) is 5.66. The number of aryl methyl sites for hydroxylation is 2. The number of amides is 1. The number of furan rings is 1. The van der Waals surface area contributed by atoms with E-state index in [2.05, 4.69) is 0 Å². The number of carbonyl (C=O) groups is 2. The van der Waals surface area contributed by atoms with Crippen LogP contribution in [0.2, 0.25) is 0 Å². The number of carbonyl (C=O) groups excluding carboxylic acids is 2. The average molecular weight is 391 g/mol. The molecule has 1 fully saturated rings. The Morgan fingerprint density at radius 2 is 1.93 bits per heavy atom. The van der Waals surface area contributed by atoms with Crippen molar-refractivity contribution >= 4 is 22.7 Å². The summed E-state index contributed by atoms with van der Waals surface area (Å²) in [6.07, 6.45) is 1.62. The first-order chi connectivity index (χ1) is 14.0. The van der Waals surface area contributed by atoms with Gasteiger partial charge in [0.25, 0.3) is 5.91 Å². The molecule has 1 aromatic heterocycles. The third-order valence-electron chi connectivity index (χ3n) is 5.66. The minimum Gasteiger partial charge on any atom is -0.497 e. The number of ether oxygens (including phenoxy) is 1. The van der Waals surface area contributed by atoms with Crippen molar-refractivity contribution < 1.29 is 18.7 Å². The molecule has 1 atom stereocenters. The van der Waals surface area contributed by atoms with Gasteiger partial charge in [0, 0.05) is 35.5 Å². The van der Waals surface area contributed by atoms with Gasteiger partial charge in [-0.15, -0.1) is 0 Å². The van der Waals surface area contributed by atoms with E-state index in [1.165, 1.54) is 0 Å². The molecule has 29 heavy (non-hydrogen) atoms. The Kier molecular flexibility index (Phi) is 5.14. The molecule has 150 valence electrons. The zero-order valence-electron chi connectivity index (χ0n) is 17.0. The fourth-order valence-electron chi connectivity index (χ4n) is 4.13. The highest BCUT2D eigenvalue weighted by Gasteiger charge is 2.30.